The molecule has 680 valence electrons. The van der Waals surface area contributed by atoms with Crippen LogP contribution in [0.25, 0.3) is 0 Å². The van der Waals surface area contributed by atoms with E-state index in [9.17, 15) is 91.1 Å². The van der Waals surface area contributed by atoms with Gasteiger partial charge in [-0.15, -0.1) is 25.7 Å². The number of halogens is 8. The maximum atomic E-state index is 15.9. The van der Waals surface area contributed by atoms with E-state index < -0.39 is 208 Å². The number of aliphatic hydroxyl groups is 8. The number of benzene rings is 4. The second kappa shape index (κ2) is 37.3. The summed E-state index contributed by atoms with van der Waals surface area (Å²) in [6.45, 7) is -8.35. The molecule has 16 rings (SSSR count). The fourth-order valence-electron chi connectivity index (χ4n) is 12.0. The van der Waals surface area contributed by atoms with Crippen molar-refractivity contribution in [3.63, 3.8) is 0 Å². The van der Waals surface area contributed by atoms with Crippen LogP contribution in [-0.4, -0.2) is 184 Å². The Hall–Kier alpha value is -9.65. The summed E-state index contributed by atoms with van der Waals surface area (Å²) < 4.78 is 296. The van der Waals surface area contributed by atoms with Gasteiger partial charge in [-0.3, -0.25) is 64.8 Å². The van der Waals surface area contributed by atoms with Gasteiger partial charge in [-0.2, -0.15) is 0 Å². The SMILES string of the molecule is C#Cc1cn([C@@H]2O[C@](F)(COP3(=O)OCc4cc(F)ccc4O3)[C@@H](O)[C@H]2O)c(=O)[nH]c1=S.[2H]C([2H])(OP1(=O)OCc2cc(F)ccc2O1)[C@@]1(F)O[C@@H](n2cc(C#C)c(=S)[nH]c2=O)[C@H](O)[C@@H]1O.[2H]C([2H])(OP1(=O)OCc2cc(F)ccc2O1)[C@@]1(F)O[C@@]([2H])(N2C=C(C#C)C(=S)NC2=C)[C@H](O)[C@@H]1O.[2H][C@@]1(n2cc(C#C)c(=S)[nH]c2=O)O[C@](F)(COP2(=O)OCc3cc(F)ccc3O2)[C@@H](O)[C@H]1O. The van der Waals surface area contributed by atoms with Gasteiger partial charge in [0.25, 0.3) is 23.4 Å². The molecule has 0 aliphatic carbocycles. The number of aromatic nitrogens is 6. The zero-order valence-electron chi connectivity index (χ0n) is 69.5. The molecule has 0 spiro atoms. The van der Waals surface area contributed by atoms with Crippen molar-refractivity contribution in [3.05, 3.63) is 223 Å². The van der Waals surface area contributed by atoms with E-state index in [-0.39, 0.29) is 105 Å². The standard InChI is InChI=1S/C19H17F2N2O7PS.3C18H15F2N2O8PS/c1-3-11-7-23(10(2)22-17(11)32)18-15(24)16(25)19(21,29-18)9-28-31(26)27-8-12-6-13(20)4-5-14(12)30-31;3*1-2-9-6-22(17(25)21-15(9)32)16-13(23)14(24)18(20,29-16)8-28-31(26)27-7-10-5-11(19)3-4-12(10)30-31/h1,4-7,15-16,18,24-25H,2,8-9H2,(H,22,32);3*1,3-6,13-14,16,23-24H,7-8H2,(H,21,25,32)/t15-,16+,18-,19-,31?;3*13-,14+,16-,18-,31?/m1111/s1/i9D2,18D;16D;8D2;. The molecule has 0 bridgehead atoms. The first-order valence-electron chi connectivity index (χ1n) is 38.4. The molecule has 0 radical (unpaired) electrons. The summed E-state index contributed by atoms with van der Waals surface area (Å²) in [5.74, 6) is -8.65. The number of aliphatic hydroxyl groups excluding tert-OH is 8. The predicted octanol–water partition coefficient (Wildman–Crippen LogP) is 6.85. The van der Waals surface area contributed by atoms with Crippen LogP contribution in [0.4, 0.5) is 35.1 Å². The molecular formula is C73H62F8N8O31P4S4. The van der Waals surface area contributed by atoms with Crippen LogP contribution in [-0.2, 0) is 99.8 Å². The topological polar surface area (TPSA) is 506 Å². The maximum absolute atomic E-state index is 15.9. The van der Waals surface area contributed by atoms with Crippen LogP contribution in [0, 0.1) is 86.6 Å². The summed E-state index contributed by atoms with van der Waals surface area (Å²) in [5, 5.41) is 85.1. The molecule has 12 N–H and O–H groups in total. The summed E-state index contributed by atoms with van der Waals surface area (Å²) in [7, 11) is -18.6. The molecule has 4 aromatic carbocycles. The molecule has 12 heterocycles. The van der Waals surface area contributed by atoms with Crippen LogP contribution in [0.1, 0.15) is 65.8 Å². The van der Waals surface area contributed by atoms with Crippen molar-refractivity contribution in [3.8, 4) is 72.4 Å². The minimum Gasteiger partial charge on any atom is -0.404 e. The Balaban J connectivity index is 0.000000152. The first-order chi connectivity index (χ1) is 62.4. The molecular weight excluding hydrogens is 1890 g/mol. The number of thiocarbonyl (C=S) groups is 1. The van der Waals surface area contributed by atoms with E-state index in [0.29, 0.717) is 14.0 Å². The lowest BCUT2D eigenvalue weighted by Crippen LogP contribution is -2.47. The Labute approximate surface area is 741 Å². The van der Waals surface area contributed by atoms with Crippen LogP contribution < -0.4 is 40.5 Å². The van der Waals surface area contributed by atoms with Gasteiger partial charge in [0.1, 0.15) is 146 Å². The normalized spacial score (nSPS) is 34.3. The molecule has 0 amide bonds. The monoisotopic (exact) mass is 1960 g/mol. The summed E-state index contributed by atoms with van der Waals surface area (Å²) in [5.41, 5.74) is -2.31. The summed E-state index contributed by atoms with van der Waals surface area (Å²) in [6.07, 6.45) is -3.46. The Morgan fingerprint density at radius 3 is 1.15 bits per heavy atom. The van der Waals surface area contributed by atoms with Gasteiger partial charge in [0.05, 0.1) is 56.9 Å². The maximum Gasteiger partial charge on any atom is 0.530 e. The smallest absolute Gasteiger partial charge is 0.404 e. The number of aromatic amines is 3. The summed E-state index contributed by atoms with van der Waals surface area (Å²) >= 11 is 19.6. The number of hydrogen-bond donors (Lipinski definition) is 12. The average Bonchev–Trinajstić information content (AvgIpc) is 1.56. The molecule has 7 aromatic rings. The number of fused-ring (bicyclic) bond motifs is 4. The highest BCUT2D eigenvalue weighted by Crippen LogP contribution is 2.60. The zero-order valence-corrected chi connectivity index (χ0v) is 70.3. The number of terminal acetylenes is 4. The molecule has 9 aliphatic heterocycles. The van der Waals surface area contributed by atoms with Crippen LogP contribution in [0.5, 0.6) is 23.0 Å². The minimum absolute atomic E-state index is 0.00704. The Morgan fingerprint density at radius 2 is 0.773 bits per heavy atom. The van der Waals surface area contributed by atoms with Crippen molar-refractivity contribution in [1.82, 2.24) is 38.9 Å². The van der Waals surface area contributed by atoms with E-state index >= 15 is 17.6 Å². The highest BCUT2D eigenvalue weighted by Gasteiger charge is 2.63. The van der Waals surface area contributed by atoms with Gasteiger partial charge in [0.2, 0.25) is 0 Å². The molecule has 39 nitrogen and oxygen atoms in total. The highest BCUT2D eigenvalue weighted by atomic mass is 32.1. The molecule has 55 heteroatoms. The predicted molar refractivity (Wildman–Crippen MR) is 425 cm³/mol. The van der Waals surface area contributed by atoms with Gasteiger partial charge >= 0.3 is 48.4 Å². The number of alkyl halides is 4. The fraction of sp³-hybridized carbons (Fsp3) is 0.329. The van der Waals surface area contributed by atoms with Crippen molar-refractivity contribution in [2.45, 2.75) is 124 Å². The number of hydrogen-bond acceptors (Lipinski definition) is 36. The number of H-pyrrole nitrogens is 3. The third kappa shape index (κ3) is 20.0. The second-order valence-electron chi connectivity index (χ2n) is 27.1. The van der Waals surface area contributed by atoms with E-state index in [1.807, 2.05) is 0 Å². The fourth-order valence-corrected chi connectivity index (χ4v) is 17.5. The first-order valence-corrected chi connectivity index (χ1v) is 42.9. The highest BCUT2D eigenvalue weighted by molar-refractivity contribution is 7.80. The van der Waals surface area contributed by atoms with Gasteiger partial charge in [-0.1, -0.05) is 79.1 Å². The van der Waals surface area contributed by atoms with Crippen LogP contribution in [0.3, 0.4) is 0 Å². The zero-order chi connectivity index (χ0) is 98.5. The summed E-state index contributed by atoms with van der Waals surface area (Å²) in [6, 6.07) is 12.8. The van der Waals surface area contributed by atoms with Crippen LogP contribution in [0.2, 0.25) is 0 Å². The van der Waals surface area contributed by atoms with E-state index in [1.165, 1.54) is 12.1 Å². The van der Waals surface area contributed by atoms with Crippen molar-refractivity contribution >= 4 is 85.2 Å². The van der Waals surface area contributed by atoms with E-state index in [1.54, 1.807) is 0 Å². The van der Waals surface area contributed by atoms with E-state index in [2.05, 4.69) is 55.1 Å². The number of nitrogens with one attached hydrogen (secondary N) is 4. The van der Waals surface area contributed by atoms with Crippen molar-refractivity contribution in [1.29, 1.82) is 0 Å². The molecule has 4 unspecified atom stereocenters. The molecule has 3 aromatic heterocycles. The largest absolute Gasteiger partial charge is 0.530 e. The number of nitrogens with zero attached hydrogens (tertiary/aromatic N) is 4. The minimum atomic E-state index is -4.90. The van der Waals surface area contributed by atoms with Gasteiger partial charge in [0, 0.05) is 47.0 Å². The van der Waals surface area contributed by atoms with Crippen LogP contribution >= 0.6 is 80.2 Å². The van der Waals surface area contributed by atoms with Crippen molar-refractivity contribution in [2.24, 2.45) is 0 Å². The molecule has 128 heavy (non-hydrogen) atoms. The lowest BCUT2D eigenvalue weighted by molar-refractivity contribution is -0.207. The number of phosphoric acid groups is 4. The van der Waals surface area contributed by atoms with Crippen LogP contribution in [0.15, 0.2) is 130 Å². The number of phosphoric ester groups is 4. The third-order valence-electron chi connectivity index (χ3n) is 18.6. The van der Waals surface area contributed by atoms with Crippen molar-refractivity contribution in [2.75, 3.05) is 26.3 Å². The Kier molecular flexibility index (Phi) is 25.6. The summed E-state index contributed by atoms with van der Waals surface area (Å²) in [4.78, 5) is 44.0. The van der Waals surface area contributed by atoms with Gasteiger partial charge < -0.3 is 88.1 Å². The van der Waals surface area contributed by atoms with E-state index in [0.717, 1.165) is 90.0 Å². The lowest BCUT2D eigenvalue weighted by Gasteiger charge is -2.34. The number of rotatable bonds is 16. The van der Waals surface area contributed by atoms with Gasteiger partial charge in [0.15, 0.2) is 24.9 Å². The third-order valence-corrected chi connectivity index (χ3v) is 24.8. The average molecular weight is 1960 g/mol. The number of ether oxygens (including phenoxy) is 4. The Morgan fingerprint density at radius 1 is 0.469 bits per heavy atom. The van der Waals surface area contributed by atoms with Gasteiger partial charge in [-0.25, -0.2) is 67.8 Å². The van der Waals surface area contributed by atoms with Crippen molar-refractivity contribution < 1.29 is 176 Å². The Bertz CT molecular complexity index is 6800. The quantitative estimate of drug-likeness (QED) is 0.0203. The molecule has 9 aliphatic rings. The molecule has 0 saturated carbocycles. The first kappa shape index (κ1) is 87.7. The van der Waals surface area contributed by atoms with E-state index in [4.69, 9.17) is 151 Å². The lowest BCUT2D eigenvalue weighted by atomic mass is 10.1. The molecule has 4 saturated heterocycles. The van der Waals surface area contributed by atoms with Gasteiger partial charge in [-0.05, 0) is 72.8 Å². The molecule has 20 atom stereocenters. The molecule has 4 fully saturated rings. The second-order valence-corrected chi connectivity index (χ2v) is 34.9.